The third-order valence-corrected chi connectivity index (χ3v) is 10.5. The molecule has 0 aliphatic heterocycles. The van der Waals surface area contributed by atoms with Crippen molar-refractivity contribution in [2.75, 3.05) is 0 Å². The van der Waals surface area contributed by atoms with Crippen LogP contribution in [-0.4, -0.2) is 26.9 Å². The molecule has 5 aromatic carbocycles. The van der Waals surface area contributed by atoms with Crippen LogP contribution in [0.5, 0.6) is 0 Å². The Morgan fingerprint density at radius 3 is 1.46 bits per heavy atom. The molecule has 1 aromatic heterocycles. The van der Waals surface area contributed by atoms with E-state index in [2.05, 4.69) is 177 Å². The third kappa shape index (κ3) is 6.67. The Kier molecular flexibility index (Phi) is 9.12. The molecule has 0 amide bonds. The van der Waals surface area contributed by atoms with E-state index in [9.17, 15) is 0 Å². The average molecular weight is 549 g/mol. The van der Waals surface area contributed by atoms with Gasteiger partial charge in [0, 0.05) is 12.4 Å². The van der Waals surface area contributed by atoms with E-state index in [-0.39, 0.29) is 5.16 Å². The summed E-state index contributed by atoms with van der Waals surface area (Å²) in [6.07, 6.45) is 5.96. The summed E-state index contributed by atoms with van der Waals surface area (Å²) in [6.45, 7) is 4.28. The second kappa shape index (κ2) is 13.3. The van der Waals surface area contributed by atoms with Gasteiger partial charge in [0.2, 0.25) is 0 Å². The first kappa shape index (κ1) is 28.1. The molecule has 4 heteroatoms. The zero-order valence-electron chi connectivity index (χ0n) is 24.2. The standard InChI is InChI=1S/C24H24N2Si.C13H13B/c1-19-8-12-21(13-9-19)24(26-17-16-25-18-26,22-14-10-20(2)11-15-22)27-23-6-4-3-5-7-23;14-13(11-7-3-1-4-8-11)12-9-5-2-6-10-12/h3-18H,27H2,1-2H3;1-10,13H,14H2. The van der Waals surface area contributed by atoms with Crippen molar-refractivity contribution < 1.29 is 0 Å². The van der Waals surface area contributed by atoms with Gasteiger partial charge in [0.15, 0.2) is 0 Å². The lowest BCUT2D eigenvalue weighted by Gasteiger charge is -2.37. The molecule has 0 N–H and O–H groups in total. The minimum atomic E-state index is -0.771. The first-order chi connectivity index (χ1) is 20.1. The van der Waals surface area contributed by atoms with E-state index in [1.165, 1.54) is 38.6 Å². The summed E-state index contributed by atoms with van der Waals surface area (Å²) in [6, 6.07) is 50.1. The Hall–Kier alpha value is -4.41. The zero-order chi connectivity index (χ0) is 28.5. The highest BCUT2D eigenvalue weighted by Gasteiger charge is 2.36. The fraction of sp³-hybridized carbons (Fsp3) is 0.108. The van der Waals surface area contributed by atoms with Crippen LogP contribution in [0.2, 0.25) is 0 Å². The minimum absolute atomic E-state index is 0.209. The van der Waals surface area contributed by atoms with E-state index in [4.69, 9.17) is 0 Å². The molecule has 1 heterocycles. The largest absolute Gasteiger partial charge is 0.326 e. The molecule has 0 spiro atoms. The van der Waals surface area contributed by atoms with Crippen LogP contribution in [0, 0.1) is 13.8 Å². The van der Waals surface area contributed by atoms with Crippen LogP contribution < -0.4 is 5.19 Å². The van der Waals surface area contributed by atoms with Gasteiger partial charge in [-0.3, -0.25) is 0 Å². The number of hydrogen-bond acceptors (Lipinski definition) is 1. The predicted molar refractivity (Wildman–Crippen MR) is 179 cm³/mol. The fourth-order valence-corrected chi connectivity index (χ4v) is 7.82. The summed E-state index contributed by atoms with van der Waals surface area (Å²) < 4.78 is 2.31. The normalized spacial score (nSPS) is 11.4. The quantitative estimate of drug-likeness (QED) is 0.219. The number of imidazole rings is 1. The topological polar surface area (TPSA) is 17.8 Å². The monoisotopic (exact) mass is 548 g/mol. The van der Waals surface area contributed by atoms with Gasteiger partial charge in [-0.25, -0.2) is 4.98 Å². The Bertz CT molecular complexity index is 1520. The van der Waals surface area contributed by atoms with E-state index in [0.717, 1.165) is 0 Å². The molecule has 2 nitrogen and oxygen atoms in total. The van der Waals surface area contributed by atoms with Gasteiger partial charge in [-0.05, 0) is 41.9 Å². The molecule has 0 unspecified atom stereocenters. The molecule has 0 radical (unpaired) electrons. The smallest absolute Gasteiger partial charge is 0.116 e. The van der Waals surface area contributed by atoms with Gasteiger partial charge in [0.05, 0.1) is 21.0 Å². The van der Waals surface area contributed by atoms with Gasteiger partial charge in [-0.2, -0.15) is 0 Å². The van der Waals surface area contributed by atoms with Crippen molar-refractivity contribution in [2.24, 2.45) is 0 Å². The van der Waals surface area contributed by atoms with E-state index < -0.39 is 9.52 Å². The van der Waals surface area contributed by atoms with Crippen molar-refractivity contribution in [3.05, 3.63) is 192 Å². The molecule has 0 bridgehead atoms. The summed E-state index contributed by atoms with van der Waals surface area (Å²) >= 11 is 0. The maximum atomic E-state index is 4.40. The maximum Gasteiger partial charge on any atom is 0.116 e. The molecule has 0 fully saturated rings. The van der Waals surface area contributed by atoms with Crippen LogP contribution in [0.4, 0.5) is 0 Å². The number of benzene rings is 5. The van der Waals surface area contributed by atoms with Crippen LogP contribution in [-0.2, 0) is 5.16 Å². The van der Waals surface area contributed by atoms with Crippen molar-refractivity contribution in [1.82, 2.24) is 9.55 Å². The summed E-state index contributed by atoms with van der Waals surface area (Å²) in [4.78, 5) is 4.40. The maximum absolute atomic E-state index is 4.40. The number of nitrogens with zero attached hydrogens (tertiary/aromatic N) is 2. The third-order valence-electron chi connectivity index (χ3n) is 7.91. The van der Waals surface area contributed by atoms with Gasteiger partial charge in [0.25, 0.3) is 0 Å². The lowest BCUT2D eigenvalue weighted by Crippen LogP contribution is -2.46. The number of aryl methyl sites for hydroxylation is 2. The first-order valence-electron chi connectivity index (χ1n) is 14.3. The Morgan fingerprint density at radius 2 is 1.05 bits per heavy atom. The van der Waals surface area contributed by atoms with E-state index in [1.54, 1.807) is 0 Å². The SMILES string of the molecule is BC(c1ccccc1)c1ccccc1.Cc1ccc(C([SiH2]c2ccccc2)(c2ccc(C)cc2)n2ccnc2)cc1. The molecule has 0 atom stereocenters. The molecule has 41 heavy (non-hydrogen) atoms. The lowest BCUT2D eigenvalue weighted by atomic mass is 9.76. The van der Waals surface area contributed by atoms with Gasteiger partial charge in [-0.1, -0.05) is 156 Å². The van der Waals surface area contributed by atoms with Crippen molar-refractivity contribution in [1.29, 1.82) is 0 Å². The molecule has 0 aliphatic carbocycles. The van der Waals surface area contributed by atoms with E-state index >= 15 is 0 Å². The van der Waals surface area contributed by atoms with Gasteiger partial charge in [-0.15, -0.1) is 0 Å². The van der Waals surface area contributed by atoms with Gasteiger partial charge >= 0.3 is 0 Å². The van der Waals surface area contributed by atoms with Crippen LogP contribution in [0.25, 0.3) is 0 Å². The van der Waals surface area contributed by atoms with Crippen LogP contribution in [0.1, 0.15) is 39.2 Å². The number of rotatable bonds is 7. The summed E-state index contributed by atoms with van der Waals surface area (Å²) in [5.74, 6) is 0.484. The molecule has 0 saturated carbocycles. The minimum Gasteiger partial charge on any atom is -0.326 e. The highest BCUT2D eigenvalue weighted by atomic mass is 28.2. The molecule has 202 valence electrons. The van der Waals surface area contributed by atoms with Crippen molar-refractivity contribution in [2.45, 2.75) is 24.8 Å². The summed E-state index contributed by atoms with van der Waals surface area (Å²) in [5.41, 5.74) is 7.96. The summed E-state index contributed by atoms with van der Waals surface area (Å²) in [7, 11) is 1.47. The number of hydrogen-bond donors (Lipinski definition) is 0. The van der Waals surface area contributed by atoms with Crippen LogP contribution >= 0.6 is 0 Å². The van der Waals surface area contributed by atoms with Crippen LogP contribution in [0.3, 0.4) is 0 Å². The number of aromatic nitrogens is 2. The molecular weight excluding hydrogens is 511 g/mol. The lowest BCUT2D eigenvalue weighted by molar-refractivity contribution is 0.596. The fourth-order valence-electron chi connectivity index (χ4n) is 5.47. The molecule has 0 aliphatic rings. The summed E-state index contributed by atoms with van der Waals surface area (Å²) in [5, 5.41) is 1.23. The van der Waals surface area contributed by atoms with Crippen molar-refractivity contribution in [3.8, 4) is 0 Å². The second-order valence-electron chi connectivity index (χ2n) is 10.8. The molecular formula is C37H37BN2Si. The average Bonchev–Trinajstić information content (AvgIpc) is 3.58. The Labute approximate surface area is 248 Å². The van der Waals surface area contributed by atoms with E-state index in [1.807, 2.05) is 12.5 Å². The predicted octanol–water partition coefficient (Wildman–Crippen LogP) is 6.15. The van der Waals surface area contributed by atoms with Gasteiger partial charge in [0.1, 0.15) is 7.85 Å². The van der Waals surface area contributed by atoms with Crippen molar-refractivity contribution >= 4 is 22.6 Å². The Balaban J connectivity index is 0.000000202. The first-order valence-corrected chi connectivity index (χ1v) is 15.7. The molecule has 6 rings (SSSR count). The van der Waals surface area contributed by atoms with Crippen LogP contribution in [0.15, 0.2) is 158 Å². The van der Waals surface area contributed by atoms with Gasteiger partial charge < -0.3 is 4.57 Å². The highest BCUT2D eigenvalue weighted by Crippen LogP contribution is 2.34. The molecule has 6 aromatic rings. The molecule has 0 saturated heterocycles. The highest BCUT2D eigenvalue weighted by molar-refractivity contribution is 6.57. The van der Waals surface area contributed by atoms with Crippen molar-refractivity contribution in [3.63, 3.8) is 0 Å². The Morgan fingerprint density at radius 1 is 0.610 bits per heavy atom. The van der Waals surface area contributed by atoms with E-state index in [0.29, 0.717) is 5.82 Å². The second-order valence-corrected chi connectivity index (χ2v) is 13.0. The zero-order valence-corrected chi connectivity index (χ0v) is 25.6.